The van der Waals surface area contributed by atoms with Crippen LogP contribution in [0.1, 0.15) is 18.9 Å². The van der Waals surface area contributed by atoms with E-state index in [0.717, 1.165) is 11.3 Å². The molecule has 0 saturated heterocycles. The van der Waals surface area contributed by atoms with Crippen molar-refractivity contribution in [2.45, 2.75) is 20.3 Å². The molecule has 0 fully saturated rings. The summed E-state index contributed by atoms with van der Waals surface area (Å²) in [5.74, 6) is -1.06. The molecular weight excluding hydrogens is 204 g/mol. The Labute approximate surface area is 94.8 Å². The molecule has 0 aliphatic heterocycles. The molecule has 0 spiro atoms. The lowest BCUT2D eigenvalue weighted by molar-refractivity contribution is -0.125. The van der Waals surface area contributed by atoms with Crippen LogP contribution in [0.2, 0.25) is 0 Å². The number of carbonyl (C=O) groups is 2. The average Bonchev–Trinajstić information content (AvgIpc) is 2.20. The van der Waals surface area contributed by atoms with Crippen molar-refractivity contribution < 1.29 is 9.59 Å². The second-order valence-electron chi connectivity index (χ2n) is 3.93. The summed E-state index contributed by atoms with van der Waals surface area (Å²) in [5.41, 5.74) is 6.88. The predicted molar refractivity (Wildman–Crippen MR) is 62.8 cm³/mol. The zero-order valence-corrected chi connectivity index (χ0v) is 9.49. The van der Waals surface area contributed by atoms with Gasteiger partial charge >= 0.3 is 0 Å². The number of carbonyl (C=O) groups excluding carboxylic acids is 2. The van der Waals surface area contributed by atoms with Crippen LogP contribution in [0.25, 0.3) is 0 Å². The lowest BCUT2D eigenvalue weighted by atomic mass is 10.1. The number of amides is 2. The van der Waals surface area contributed by atoms with Crippen molar-refractivity contribution in [3.63, 3.8) is 0 Å². The van der Waals surface area contributed by atoms with Crippen LogP contribution in [0.5, 0.6) is 0 Å². The number of anilines is 1. The summed E-state index contributed by atoms with van der Waals surface area (Å²) in [6.45, 7) is 3.65. The monoisotopic (exact) mass is 220 g/mol. The summed E-state index contributed by atoms with van der Waals surface area (Å²) < 4.78 is 0. The molecule has 1 rings (SSSR count). The third-order valence-electron chi connectivity index (χ3n) is 2.27. The maximum absolute atomic E-state index is 11.6. The molecule has 3 N–H and O–H groups in total. The van der Waals surface area contributed by atoms with E-state index in [1.807, 2.05) is 31.2 Å². The second kappa shape index (κ2) is 5.30. The Morgan fingerprint density at radius 3 is 2.38 bits per heavy atom. The highest BCUT2D eigenvalue weighted by Crippen LogP contribution is 2.11. The minimum Gasteiger partial charge on any atom is -0.370 e. The Morgan fingerprint density at radius 2 is 1.88 bits per heavy atom. The number of nitrogens with two attached hydrogens (primary N) is 1. The molecule has 1 unspecified atom stereocenters. The van der Waals surface area contributed by atoms with E-state index in [9.17, 15) is 9.59 Å². The molecule has 0 aliphatic carbocycles. The van der Waals surface area contributed by atoms with Crippen LogP contribution in [-0.4, -0.2) is 11.8 Å². The number of rotatable bonds is 4. The fraction of sp³-hybridized carbons (Fsp3) is 0.333. The number of hydrogen-bond donors (Lipinski definition) is 2. The van der Waals surface area contributed by atoms with E-state index in [0.29, 0.717) is 0 Å². The van der Waals surface area contributed by atoms with E-state index < -0.39 is 11.8 Å². The van der Waals surface area contributed by atoms with E-state index in [-0.39, 0.29) is 12.3 Å². The number of benzene rings is 1. The van der Waals surface area contributed by atoms with E-state index in [1.54, 1.807) is 6.92 Å². The minimum absolute atomic E-state index is 0.0672. The Balaban J connectivity index is 2.57. The van der Waals surface area contributed by atoms with Crippen molar-refractivity contribution in [3.8, 4) is 0 Å². The zero-order chi connectivity index (χ0) is 12.1. The van der Waals surface area contributed by atoms with Crippen LogP contribution in [0.4, 0.5) is 5.69 Å². The summed E-state index contributed by atoms with van der Waals surface area (Å²) in [6, 6.07) is 7.47. The molecule has 0 radical (unpaired) electrons. The van der Waals surface area contributed by atoms with Gasteiger partial charge in [0.2, 0.25) is 11.8 Å². The van der Waals surface area contributed by atoms with Gasteiger partial charge in [0.05, 0.1) is 0 Å². The number of primary amides is 1. The molecule has 1 aromatic rings. The first kappa shape index (κ1) is 12.2. The van der Waals surface area contributed by atoms with Gasteiger partial charge in [0, 0.05) is 18.0 Å². The Bertz CT molecular complexity index is 385. The highest BCUT2D eigenvalue weighted by Gasteiger charge is 2.15. The predicted octanol–water partition coefficient (Wildman–Crippen LogP) is 1.45. The third-order valence-corrected chi connectivity index (χ3v) is 2.27. The lowest BCUT2D eigenvalue weighted by Crippen LogP contribution is -2.25. The molecule has 0 aliphatic rings. The number of aryl methyl sites for hydroxylation is 1. The first-order valence-corrected chi connectivity index (χ1v) is 5.15. The van der Waals surface area contributed by atoms with E-state index >= 15 is 0 Å². The van der Waals surface area contributed by atoms with Crippen LogP contribution in [0.15, 0.2) is 24.3 Å². The molecule has 86 valence electrons. The largest absolute Gasteiger partial charge is 0.370 e. The Hall–Kier alpha value is -1.84. The van der Waals surface area contributed by atoms with Gasteiger partial charge in [-0.15, -0.1) is 0 Å². The van der Waals surface area contributed by atoms with E-state index in [1.165, 1.54) is 0 Å². The van der Waals surface area contributed by atoms with Gasteiger partial charge in [-0.3, -0.25) is 9.59 Å². The molecule has 0 saturated carbocycles. The summed E-state index contributed by atoms with van der Waals surface area (Å²) in [5, 5.41) is 2.73. The molecule has 4 nitrogen and oxygen atoms in total. The first-order chi connectivity index (χ1) is 7.49. The average molecular weight is 220 g/mol. The summed E-state index contributed by atoms with van der Waals surface area (Å²) in [6.07, 6.45) is 0.0672. The third kappa shape index (κ3) is 3.73. The van der Waals surface area contributed by atoms with Crippen molar-refractivity contribution >= 4 is 17.5 Å². The maximum Gasteiger partial charge on any atom is 0.227 e. The van der Waals surface area contributed by atoms with Gasteiger partial charge in [-0.25, -0.2) is 0 Å². The molecule has 0 bridgehead atoms. The molecule has 0 heterocycles. The zero-order valence-electron chi connectivity index (χ0n) is 9.49. The Morgan fingerprint density at radius 1 is 1.31 bits per heavy atom. The second-order valence-corrected chi connectivity index (χ2v) is 3.93. The fourth-order valence-electron chi connectivity index (χ4n) is 1.30. The summed E-state index contributed by atoms with van der Waals surface area (Å²) >= 11 is 0. The smallest absolute Gasteiger partial charge is 0.227 e. The van der Waals surface area contributed by atoms with Crippen LogP contribution < -0.4 is 11.1 Å². The van der Waals surface area contributed by atoms with Crippen LogP contribution in [0.3, 0.4) is 0 Å². The number of hydrogen-bond acceptors (Lipinski definition) is 2. The highest BCUT2D eigenvalue weighted by molar-refractivity contribution is 5.94. The van der Waals surface area contributed by atoms with Gasteiger partial charge in [-0.2, -0.15) is 0 Å². The fourth-order valence-corrected chi connectivity index (χ4v) is 1.30. The quantitative estimate of drug-likeness (QED) is 0.806. The Kier molecular flexibility index (Phi) is 4.05. The van der Waals surface area contributed by atoms with Gasteiger partial charge in [-0.1, -0.05) is 24.6 Å². The van der Waals surface area contributed by atoms with Crippen molar-refractivity contribution in [2.75, 3.05) is 5.32 Å². The van der Waals surface area contributed by atoms with Gasteiger partial charge in [0.1, 0.15) is 0 Å². The molecule has 2 amide bonds. The van der Waals surface area contributed by atoms with Crippen LogP contribution >= 0.6 is 0 Å². The molecule has 16 heavy (non-hydrogen) atoms. The molecule has 1 aromatic carbocycles. The van der Waals surface area contributed by atoms with E-state index in [4.69, 9.17) is 5.73 Å². The molecule has 0 aromatic heterocycles. The van der Waals surface area contributed by atoms with Crippen molar-refractivity contribution in [1.29, 1.82) is 0 Å². The maximum atomic E-state index is 11.6. The molecule has 1 atom stereocenters. The highest BCUT2D eigenvalue weighted by atomic mass is 16.2. The van der Waals surface area contributed by atoms with Crippen molar-refractivity contribution in [3.05, 3.63) is 29.8 Å². The van der Waals surface area contributed by atoms with Crippen molar-refractivity contribution in [2.24, 2.45) is 11.7 Å². The van der Waals surface area contributed by atoms with Gasteiger partial charge < -0.3 is 11.1 Å². The van der Waals surface area contributed by atoms with Gasteiger partial charge in [0.25, 0.3) is 0 Å². The van der Waals surface area contributed by atoms with Gasteiger partial charge in [0.15, 0.2) is 0 Å². The SMILES string of the molecule is Cc1ccc(NC(=O)C(C)CC(N)=O)cc1. The van der Waals surface area contributed by atoms with Crippen LogP contribution in [0, 0.1) is 12.8 Å². The van der Waals surface area contributed by atoms with E-state index in [2.05, 4.69) is 5.32 Å². The van der Waals surface area contributed by atoms with Crippen LogP contribution in [-0.2, 0) is 9.59 Å². The summed E-state index contributed by atoms with van der Waals surface area (Å²) in [7, 11) is 0. The van der Waals surface area contributed by atoms with Crippen molar-refractivity contribution in [1.82, 2.24) is 0 Å². The topological polar surface area (TPSA) is 72.2 Å². The normalized spacial score (nSPS) is 11.9. The first-order valence-electron chi connectivity index (χ1n) is 5.15. The number of nitrogens with one attached hydrogen (secondary N) is 1. The molecule has 4 heteroatoms. The minimum atomic E-state index is -0.466. The van der Waals surface area contributed by atoms with Gasteiger partial charge in [-0.05, 0) is 19.1 Å². The lowest BCUT2D eigenvalue weighted by Gasteiger charge is -2.10. The summed E-state index contributed by atoms with van der Waals surface area (Å²) in [4.78, 5) is 22.3. The standard InChI is InChI=1S/C12H16N2O2/c1-8-3-5-10(6-4-8)14-12(16)9(2)7-11(13)15/h3-6,9H,7H2,1-2H3,(H2,13,15)(H,14,16). The molecular formula is C12H16N2O2.